The molecule has 0 radical (unpaired) electrons. The molecule has 0 fully saturated rings. The van der Waals surface area contributed by atoms with Crippen molar-refractivity contribution >= 4 is 23.4 Å². The Morgan fingerprint density at radius 3 is 2.82 bits per heavy atom. The zero-order valence-electron chi connectivity index (χ0n) is 9.60. The number of nitrogens with two attached hydrogens (primary N) is 2. The molecule has 0 atom stereocenters. The van der Waals surface area contributed by atoms with Crippen molar-refractivity contribution in [3.8, 4) is 0 Å². The zero-order valence-corrected chi connectivity index (χ0v) is 9.60. The van der Waals surface area contributed by atoms with Gasteiger partial charge < -0.3 is 16.2 Å². The molecule has 0 aliphatic rings. The fourth-order valence-electron chi connectivity index (χ4n) is 1.67. The molecular formula is C10H13N5O2. The van der Waals surface area contributed by atoms with Crippen LogP contribution in [0.3, 0.4) is 0 Å². The first kappa shape index (κ1) is 11.2. The fraction of sp³-hybridized carbons (Fsp3) is 0.300. The first-order chi connectivity index (χ1) is 8.04. The molecule has 0 aromatic carbocycles. The summed E-state index contributed by atoms with van der Waals surface area (Å²) in [6.45, 7) is 3.72. The predicted octanol–water partition coefficient (Wildman–Crippen LogP) is 0.379. The average Bonchev–Trinajstić information content (AvgIpc) is 2.54. The number of imidazole rings is 1. The number of anilines is 2. The Balaban J connectivity index is 2.71. The summed E-state index contributed by atoms with van der Waals surface area (Å²) in [6, 6.07) is 1.55. The Morgan fingerprint density at radius 1 is 1.47 bits per heavy atom. The largest absolute Gasteiger partial charge is 0.461 e. The van der Waals surface area contributed by atoms with Crippen LogP contribution in [0.5, 0.6) is 0 Å². The highest BCUT2D eigenvalue weighted by molar-refractivity contribution is 5.90. The van der Waals surface area contributed by atoms with Crippen LogP contribution in [-0.4, -0.2) is 26.9 Å². The molecule has 0 aliphatic heterocycles. The first-order valence-corrected chi connectivity index (χ1v) is 5.12. The van der Waals surface area contributed by atoms with E-state index in [0.717, 1.165) is 0 Å². The molecule has 0 bridgehead atoms. The molecule has 2 aromatic heterocycles. The monoisotopic (exact) mass is 235 g/mol. The summed E-state index contributed by atoms with van der Waals surface area (Å²) in [5.41, 5.74) is 12.6. The summed E-state index contributed by atoms with van der Waals surface area (Å²) in [5.74, 6) is -0.102. The summed E-state index contributed by atoms with van der Waals surface area (Å²) in [7, 11) is 0. The maximum absolute atomic E-state index is 11.8. The number of aromatic nitrogens is 3. The molecule has 0 saturated carbocycles. The van der Waals surface area contributed by atoms with E-state index in [1.807, 2.05) is 0 Å². The van der Waals surface area contributed by atoms with Gasteiger partial charge in [0.05, 0.1) is 12.3 Å². The molecule has 2 aromatic rings. The number of hydrogen-bond acceptors (Lipinski definition) is 6. The minimum atomic E-state index is -0.476. The number of fused-ring (bicyclic) bond motifs is 1. The van der Waals surface area contributed by atoms with Crippen molar-refractivity contribution in [3.63, 3.8) is 0 Å². The molecule has 0 saturated heterocycles. The maximum atomic E-state index is 11.8. The van der Waals surface area contributed by atoms with Gasteiger partial charge in [0.1, 0.15) is 11.5 Å². The number of rotatable bonds is 2. The van der Waals surface area contributed by atoms with E-state index in [9.17, 15) is 4.79 Å². The lowest BCUT2D eigenvalue weighted by Crippen LogP contribution is -2.13. The van der Waals surface area contributed by atoms with Gasteiger partial charge in [0.2, 0.25) is 5.95 Å². The highest BCUT2D eigenvalue weighted by Crippen LogP contribution is 2.18. The van der Waals surface area contributed by atoms with Crippen molar-refractivity contribution in [2.24, 2.45) is 0 Å². The Labute approximate surface area is 97.4 Å². The Bertz CT molecular complexity index is 590. The standard InChI is InChI=1S/C10H13N5O2/c1-3-17-9(16)8-5(2)13-7-4-6(11)14-10(12)15(7)8/h4H,3,11H2,1-2H3,(H2,12,14). The third-order valence-corrected chi connectivity index (χ3v) is 2.30. The quantitative estimate of drug-likeness (QED) is 0.728. The highest BCUT2D eigenvalue weighted by atomic mass is 16.5. The smallest absolute Gasteiger partial charge is 0.357 e. The van der Waals surface area contributed by atoms with Gasteiger partial charge in [-0.3, -0.25) is 4.40 Å². The van der Waals surface area contributed by atoms with Gasteiger partial charge in [-0.05, 0) is 13.8 Å². The van der Waals surface area contributed by atoms with E-state index in [1.54, 1.807) is 19.9 Å². The molecule has 0 aliphatic carbocycles. The van der Waals surface area contributed by atoms with Crippen molar-refractivity contribution in [2.45, 2.75) is 13.8 Å². The van der Waals surface area contributed by atoms with Crippen LogP contribution in [0.15, 0.2) is 6.07 Å². The molecule has 2 rings (SSSR count). The van der Waals surface area contributed by atoms with Gasteiger partial charge in [-0.25, -0.2) is 9.78 Å². The summed E-state index contributed by atoms with van der Waals surface area (Å²) < 4.78 is 6.38. The first-order valence-electron chi connectivity index (χ1n) is 5.12. The van der Waals surface area contributed by atoms with Crippen LogP contribution in [-0.2, 0) is 4.74 Å². The lowest BCUT2D eigenvalue weighted by atomic mass is 10.3. The number of carbonyl (C=O) groups excluding carboxylic acids is 1. The molecule has 90 valence electrons. The third kappa shape index (κ3) is 1.75. The number of aryl methyl sites for hydroxylation is 1. The number of nitrogens with zero attached hydrogens (tertiary/aromatic N) is 3. The summed E-state index contributed by atoms with van der Waals surface area (Å²) >= 11 is 0. The molecule has 7 nitrogen and oxygen atoms in total. The van der Waals surface area contributed by atoms with Crippen LogP contribution >= 0.6 is 0 Å². The van der Waals surface area contributed by atoms with Crippen molar-refractivity contribution in [1.29, 1.82) is 0 Å². The van der Waals surface area contributed by atoms with Crippen molar-refractivity contribution in [3.05, 3.63) is 17.5 Å². The van der Waals surface area contributed by atoms with Crippen LogP contribution in [0.2, 0.25) is 0 Å². The van der Waals surface area contributed by atoms with E-state index in [4.69, 9.17) is 16.2 Å². The number of ether oxygens (including phenoxy) is 1. The summed E-state index contributed by atoms with van der Waals surface area (Å²) in [6.07, 6.45) is 0. The molecule has 7 heteroatoms. The van der Waals surface area contributed by atoms with E-state index in [1.165, 1.54) is 4.40 Å². The number of carbonyl (C=O) groups is 1. The van der Waals surface area contributed by atoms with E-state index in [-0.39, 0.29) is 24.1 Å². The second kappa shape index (κ2) is 3.93. The molecule has 4 N–H and O–H groups in total. The predicted molar refractivity (Wildman–Crippen MR) is 62.5 cm³/mol. The third-order valence-electron chi connectivity index (χ3n) is 2.30. The minimum absolute atomic E-state index is 0.114. The maximum Gasteiger partial charge on any atom is 0.357 e. The van der Waals surface area contributed by atoms with Crippen molar-refractivity contribution in [2.75, 3.05) is 18.1 Å². The van der Waals surface area contributed by atoms with E-state index in [2.05, 4.69) is 9.97 Å². The van der Waals surface area contributed by atoms with Gasteiger partial charge in [-0.2, -0.15) is 4.98 Å². The van der Waals surface area contributed by atoms with Gasteiger partial charge in [0.15, 0.2) is 5.69 Å². The van der Waals surface area contributed by atoms with Crippen LogP contribution in [0.25, 0.3) is 5.65 Å². The second-order valence-corrected chi connectivity index (χ2v) is 3.50. The molecule has 2 heterocycles. The van der Waals surface area contributed by atoms with Crippen LogP contribution in [0.1, 0.15) is 23.1 Å². The minimum Gasteiger partial charge on any atom is -0.461 e. The van der Waals surface area contributed by atoms with Crippen LogP contribution in [0.4, 0.5) is 11.8 Å². The number of hydrogen-bond donors (Lipinski definition) is 2. The van der Waals surface area contributed by atoms with Gasteiger partial charge in [0.25, 0.3) is 0 Å². The second-order valence-electron chi connectivity index (χ2n) is 3.50. The molecule has 0 amide bonds. The average molecular weight is 235 g/mol. The normalized spacial score (nSPS) is 10.7. The SMILES string of the molecule is CCOC(=O)c1c(C)nc2cc(N)nc(N)n12. The molecule has 17 heavy (non-hydrogen) atoms. The fourth-order valence-corrected chi connectivity index (χ4v) is 1.67. The zero-order chi connectivity index (χ0) is 12.6. The topological polar surface area (TPSA) is 109 Å². The van der Waals surface area contributed by atoms with Crippen LogP contribution < -0.4 is 11.5 Å². The van der Waals surface area contributed by atoms with Gasteiger partial charge in [-0.1, -0.05) is 0 Å². The molecule has 0 spiro atoms. The number of nitrogen functional groups attached to an aromatic ring is 2. The summed E-state index contributed by atoms with van der Waals surface area (Å²) in [4.78, 5) is 19.9. The summed E-state index contributed by atoms with van der Waals surface area (Å²) in [5, 5.41) is 0. The molecular weight excluding hydrogens is 222 g/mol. The Morgan fingerprint density at radius 2 is 2.18 bits per heavy atom. The van der Waals surface area contributed by atoms with Gasteiger partial charge >= 0.3 is 5.97 Å². The van der Waals surface area contributed by atoms with Gasteiger partial charge in [-0.15, -0.1) is 0 Å². The van der Waals surface area contributed by atoms with E-state index >= 15 is 0 Å². The lowest BCUT2D eigenvalue weighted by Gasteiger charge is -2.05. The van der Waals surface area contributed by atoms with Crippen molar-refractivity contribution < 1.29 is 9.53 Å². The van der Waals surface area contributed by atoms with E-state index < -0.39 is 5.97 Å². The highest BCUT2D eigenvalue weighted by Gasteiger charge is 2.20. The number of esters is 1. The molecule has 0 unspecified atom stereocenters. The van der Waals surface area contributed by atoms with Crippen LogP contribution in [0, 0.1) is 6.92 Å². The Hall–Kier alpha value is -2.31. The Kier molecular flexibility index (Phi) is 2.58. The van der Waals surface area contributed by atoms with Gasteiger partial charge in [0, 0.05) is 6.07 Å². The van der Waals surface area contributed by atoms with Crippen molar-refractivity contribution in [1.82, 2.24) is 14.4 Å². The van der Waals surface area contributed by atoms with E-state index in [0.29, 0.717) is 11.3 Å². The lowest BCUT2D eigenvalue weighted by molar-refractivity contribution is 0.0517.